The highest BCUT2D eigenvalue weighted by molar-refractivity contribution is 5.94. The van der Waals surface area contributed by atoms with E-state index in [2.05, 4.69) is 0 Å². The van der Waals surface area contributed by atoms with Crippen LogP contribution in [0.25, 0.3) is 0 Å². The van der Waals surface area contributed by atoms with Crippen molar-refractivity contribution in [1.29, 1.82) is 0 Å². The first-order valence-corrected chi connectivity index (χ1v) is 7.39. The maximum atomic E-state index is 12.5. The maximum Gasteiger partial charge on any atom is 0.255 e. The van der Waals surface area contributed by atoms with Crippen molar-refractivity contribution >= 4 is 11.8 Å². The Bertz CT molecular complexity index is 713. The molecule has 0 aromatic heterocycles. The lowest BCUT2D eigenvalue weighted by atomic mass is 10.1. The van der Waals surface area contributed by atoms with E-state index in [0.29, 0.717) is 17.9 Å². The van der Waals surface area contributed by atoms with E-state index >= 15 is 0 Å². The topological polar surface area (TPSA) is 81.9 Å². The van der Waals surface area contributed by atoms with Gasteiger partial charge in [0.15, 0.2) is 6.61 Å². The summed E-state index contributed by atoms with van der Waals surface area (Å²) in [5.74, 6) is 0.581. The first kappa shape index (κ1) is 17.3. The third-order valence-corrected chi connectivity index (χ3v) is 3.38. The fourth-order valence-corrected chi connectivity index (χ4v) is 2.19. The SMILES string of the molecule is COc1cccc(CN(C)C(=O)c2ccc(OCC(N)=O)cc2)c1. The van der Waals surface area contributed by atoms with E-state index in [1.165, 1.54) is 0 Å². The summed E-state index contributed by atoms with van der Waals surface area (Å²) >= 11 is 0. The molecule has 126 valence electrons. The summed E-state index contributed by atoms with van der Waals surface area (Å²) < 4.78 is 10.4. The first-order valence-electron chi connectivity index (χ1n) is 7.39. The monoisotopic (exact) mass is 328 g/mol. The largest absolute Gasteiger partial charge is 0.497 e. The number of nitrogens with zero attached hydrogens (tertiary/aromatic N) is 1. The second kappa shape index (κ2) is 8.01. The van der Waals surface area contributed by atoms with Crippen LogP contribution in [0, 0.1) is 0 Å². The zero-order valence-electron chi connectivity index (χ0n) is 13.7. The van der Waals surface area contributed by atoms with E-state index in [0.717, 1.165) is 11.3 Å². The Morgan fingerprint density at radius 1 is 1.08 bits per heavy atom. The smallest absolute Gasteiger partial charge is 0.255 e. The molecule has 0 aliphatic rings. The van der Waals surface area contributed by atoms with Crippen LogP contribution < -0.4 is 15.2 Å². The molecule has 0 heterocycles. The molecule has 24 heavy (non-hydrogen) atoms. The minimum atomic E-state index is -0.548. The zero-order chi connectivity index (χ0) is 17.5. The number of ether oxygens (including phenoxy) is 2. The number of hydrogen-bond acceptors (Lipinski definition) is 4. The van der Waals surface area contributed by atoms with Crippen LogP contribution >= 0.6 is 0 Å². The molecule has 6 heteroatoms. The molecule has 0 saturated heterocycles. The summed E-state index contributed by atoms with van der Waals surface area (Å²) in [4.78, 5) is 24.8. The molecule has 2 aromatic rings. The van der Waals surface area contributed by atoms with Gasteiger partial charge in [-0.3, -0.25) is 9.59 Å². The maximum absolute atomic E-state index is 12.5. The van der Waals surface area contributed by atoms with Gasteiger partial charge in [-0.2, -0.15) is 0 Å². The lowest BCUT2D eigenvalue weighted by Gasteiger charge is -2.18. The summed E-state index contributed by atoms with van der Waals surface area (Å²) in [6.07, 6.45) is 0. The van der Waals surface area contributed by atoms with Crippen molar-refractivity contribution in [2.75, 3.05) is 20.8 Å². The van der Waals surface area contributed by atoms with Crippen LogP contribution in [0.5, 0.6) is 11.5 Å². The molecular weight excluding hydrogens is 308 g/mol. The molecule has 0 spiro atoms. The minimum absolute atomic E-state index is 0.112. The number of amides is 2. The van der Waals surface area contributed by atoms with Gasteiger partial charge in [-0.1, -0.05) is 12.1 Å². The van der Waals surface area contributed by atoms with Crippen molar-refractivity contribution in [2.24, 2.45) is 5.73 Å². The van der Waals surface area contributed by atoms with Gasteiger partial charge in [0.1, 0.15) is 11.5 Å². The molecule has 2 rings (SSSR count). The molecule has 2 N–H and O–H groups in total. The molecule has 2 aromatic carbocycles. The molecular formula is C18H20N2O4. The minimum Gasteiger partial charge on any atom is -0.497 e. The predicted molar refractivity (Wildman–Crippen MR) is 89.9 cm³/mol. The number of benzene rings is 2. The van der Waals surface area contributed by atoms with Gasteiger partial charge in [0, 0.05) is 19.2 Å². The predicted octanol–water partition coefficient (Wildman–Crippen LogP) is 1.83. The second-order valence-corrected chi connectivity index (χ2v) is 5.29. The second-order valence-electron chi connectivity index (χ2n) is 5.29. The number of hydrogen-bond donors (Lipinski definition) is 1. The van der Waals surface area contributed by atoms with Crippen molar-refractivity contribution in [1.82, 2.24) is 4.90 Å². The Balaban J connectivity index is 2.00. The molecule has 0 unspecified atom stereocenters. The number of nitrogens with two attached hydrogens (primary N) is 1. The molecule has 0 bridgehead atoms. The summed E-state index contributed by atoms with van der Waals surface area (Å²) in [5.41, 5.74) is 6.53. The highest BCUT2D eigenvalue weighted by atomic mass is 16.5. The summed E-state index contributed by atoms with van der Waals surface area (Å²) in [6, 6.07) is 14.2. The number of rotatable bonds is 7. The molecule has 0 radical (unpaired) electrons. The number of methoxy groups -OCH3 is 1. The Hall–Kier alpha value is -3.02. The highest BCUT2D eigenvalue weighted by Crippen LogP contribution is 2.17. The van der Waals surface area contributed by atoms with Gasteiger partial charge in [-0.25, -0.2) is 0 Å². The third-order valence-electron chi connectivity index (χ3n) is 3.38. The van der Waals surface area contributed by atoms with Crippen LogP contribution in [-0.2, 0) is 11.3 Å². The molecule has 2 amide bonds. The van der Waals surface area contributed by atoms with Crippen molar-refractivity contribution in [3.05, 3.63) is 59.7 Å². The lowest BCUT2D eigenvalue weighted by Crippen LogP contribution is -2.26. The highest BCUT2D eigenvalue weighted by Gasteiger charge is 2.12. The van der Waals surface area contributed by atoms with Crippen LogP contribution in [0.1, 0.15) is 15.9 Å². The summed E-state index contributed by atoms with van der Waals surface area (Å²) in [7, 11) is 3.34. The number of primary amides is 1. The normalized spacial score (nSPS) is 10.1. The molecule has 0 aliphatic carbocycles. The van der Waals surface area contributed by atoms with E-state index in [9.17, 15) is 9.59 Å². The van der Waals surface area contributed by atoms with Crippen molar-refractivity contribution in [2.45, 2.75) is 6.54 Å². The Morgan fingerprint density at radius 2 is 1.79 bits per heavy atom. The van der Waals surface area contributed by atoms with Crippen molar-refractivity contribution in [3.63, 3.8) is 0 Å². The van der Waals surface area contributed by atoms with Crippen LogP contribution in [0.3, 0.4) is 0 Å². The van der Waals surface area contributed by atoms with Crippen LogP contribution in [0.2, 0.25) is 0 Å². The molecule has 0 aliphatic heterocycles. The van der Waals surface area contributed by atoms with E-state index in [-0.39, 0.29) is 12.5 Å². The van der Waals surface area contributed by atoms with E-state index in [1.807, 2.05) is 24.3 Å². The first-order chi connectivity index (χ1) is 11.5. The van der Waals surface area contributed by atoms with Gasteiger partial charge < -0.3 is 20.1 Å². The fourth-order valence-electron chi connectivity index (χ4n) is 2.19. The van der Waals surface area contributed by atoms with E-state index in [1.54, 1.807) is 43.3 Å². The quantitative estimate of drug-likeness (QED) is 0.841. The van der Waals surface area contributed by atoms with Crippen LogP contribution in [0.4, 0.5) is 0 Å². The van der Waals surface area contributed by atoms with Gasteiger partial charge in [0.05, 0.1) is 7.11 Å². The average Bonchev–Trinajstić information content (AvgIpc) is 2.59. The number of carbonyl (C=O) groups excluding carboxylic acids is 2. The third kappa shape index (κ3) is 4.74. The van der Waals surface area contributed by atoms with Crippen molar-refractivity contribution in [3.8, 4) is 11.5 Å². The van der Waals surface area contributed by atoms with E-state index < -0.39 is 5.91 Å². The molecule has 6 nitrogen and oxygen atoms in total. The van der Waals surface area contributed by atoms with Crippen LogP contribution in [-0.4, -0.2) is 37.5 Å². The molecule has 0 fully saturated rings. The molecule has 0 atom stereocenters. The van der Waals surface area contributed by atoms with Gasteiger partial charge in [0.2, 0.25) is 0 Å². The van der Waals surface area contributed by atoms with Gasteiger partial charge >= 0.3 is 0 Å². The molecule has 0 saturated carbocycles. The Morgan fingerprint density at radius 3 is 2.42 bits per heavy atom. The summed E-state index contributed by atoms with van der Waals surface area (Å²) in [5, 5.41) is 0. The average molecular weight is 328 g/mol. The Kier molecular flexibility index (Phi) is 5.78. The van der Waals surface area contributed by atoms with E-state index in [4.69, 9.17) is 15.2 Å². The number of carbonyl (C=O) groups is 2. The Labute approximate surface area is 140 Å². The van der Waals surface area contributed by atoms with Gasteiger partial charge in [0.25, 0.3) is 11.8 Å². The standard InChI is InChI=1S/C18H20N2O4/c1-20(11-13-4-3-5-16(10-13)23-2)18(22)14-6-8-15(9-7-14)24-12-17(19)21/h3-10H,11-12H2,1-2H3,(H2,19,21). The fraction of sp³-hybridized carbons (Fsp3) is 0.222. The summed E-state index contributed by atoms with van der Waals surface area (Å²) in [6.45, 7) is 0.277. The van der Waals surface area contributed by atoms with Gasteiger partial charge in [-0.15, -0.1) is 0 Å². The zero-order valence-corrected chi connectivity index (χ0v) is 13.7. The van der Waals surface area contributed by atoms with Crippen LogP contribution in [0.15, 0.2) is 48.5 Å². The van der Waals surface area contributed by atoms with Crippen molar-refractivity contribution < 1.29 is 19.1 Å². The van der Waals surface area contributed by atoms with Gasteiger partial charge in [-0.05, 0) is 42.0 Å². The lowest BCUT2D eigenvalue weighted by molar-refractivity contribution is -0.119.